The average molecular weight is 399 g/mol. The molecule has 0 aliphatic heterocycles. The van der Waals surface area contributed by atoms with E-state index in [2.05, 4.69) is 9.97 Å². The summed E-state index contributed by atoms with van der Waals surface area (Å²) in [6.07, 6.45) is 0.569. The molecule has 3 aromatic heterocycles. The Labute approximate surface area is 164 Å². The fraction of sp³-hybridized carbons (Fsp3) is 0.263. The third-order valence-corrected chi connectivity index (χ3v) is 5.82. The molecule has 0 amide bonds. The van der Waals surface area contributed by atoms with Crippen LogP contribution in [0, 0.1) is 25.2 Å². The Morgan fingerprint density at radius 1 is 1.37 bits per heavy atom. The van der Waals surface area contributed by atoms with Gasteiger partial charge < -0.3 is 9.72 Å². The topological polar surface area (TPSA) is 95.8 Å². The van der Waals surface area contributed by atoms with Crippen molar-refractivity contribution in [1.29, 1.82) is 5.26 Å². The second kappa shape index (κ2) is 8.29. The zero-order valence-electron chi connectivity index (χ0n) is 14.9. The minimum absolute atomic E-state index is 0.0902. The number of thiophene rings is 1. The standard InChI is InChI=1S/C19H17N3O3S2/c1-11-15(12(2)21-18(24)16(11)7-20)3-4-17(23)25-8-14-10-27-19(22-14)13-5-6-26-9-13/h5-6,9-10H,3-4,8H2,1-2H3,(H,21,24). The summed E-state index contributed by atoms with van der Waals surface area (Å²) < 4.78 is 5.31. The molecule has 27 heavy (non-hydrogen) atoms. The van der Waals surface area contributed by atoms with Gasteiger partial charge in [0, 0.05) is 28.4 Å². The van der Waals surface area contributed by atoms with Crippen molar-refractivity contribution in [3.8, 4) is 16.6 Å². The van der Waals surface area contributed by atoms with Crippen molar-refractivity contribution in [2.24, 2.45) is 0 Å². The fourth-order valence-corrected chi connectivity index (χ4v) is 4.28. The number of ether oxygens (including phenoxy) is 1. The minimum Gasteiger partial charge on any atom is -0.459 e. The van der Waals surface area contributed by atoms with Gasteiger partial charge in [0.25, 0.3) is 5.56 Å². The molecule has 3 rings (SSSR count). The van der Waals surface area contributed by atoms with Crippen molar-refractivity contribution in [3.63, 3.8) is 0 Å². The van der Waals surface area contributed by atoms with Crippen LogP contribution < -0.4 is 5.56 Å². The van der Waals surface area contributed by atoms with Crippen molar-refractivity contribution >= 4 is 28.6 Å². The number of aromatic amines is 1. The van der Waals surface area contributed by atoms with Crippen molar-refractivity contribution in [2.75, 3.05) is 0 Å². The second-order valence-electron chi connectivity index (χ2n) is 5.99. The maximum Gasteiger partial charge on any atom is 0.306 e. The average Bonchev–Trinajstić information content (AvgIpc) is 3.31. The maximum atomic E-state index is 12.1. The lowest BCUT2D eigenvalue weighted by molar-refractivity contribution is -0.145. The number of hydrogen-bond acceptors (Lipinski definition) is 7. The van der Waals surface area contributed by atoms with Crippen LogP contribution in [-0.2, 0) is 22.6 Å². The van der Waals surface area contributed by atoms with Gasteiger partial charge in [-0.2, -0.15) is 16.6 Å². The number of rotatable bonds is 6. The lowest BCUT2D eigenvalue weighted by Crippen LogP contribution is -2.17. The first-order chi connectivity index (χ1) is 13.0. The van der Waals surface area contributed by atoms with Crippen LogP contribution in [0.25, 0.3) is 10.6 Å². The van der Waals surface area contributed by atoms with Crippen LogP contribution in [0.15, 0.2) is 27.0 Å². The number of aromatic nitrogens is 2. The van der Waals surface area contributed by atoms with Crippen LogP contribution in [-0.4, -0.2) is 15.9 Å². The molecule has 1 N–H and O–H groups in total. The van der Waals surface area contributed by atoms with E-state index in [-0.39, 0.29) is 24.6 Å². The maximum absolute atomic E-state index is 12.1. The quantitative estimate of drug-likeness (QED) is 0.637. The highest BCUT2D eigenvalue weighted by Crippen LogP contribution is 2.26. The van der Waals surface area contributed by atoms with Gasteiger partial charge in [-0.3, -0.25) is 9.59 Å². The van der Waals surface area contributed by atoms with E-state index in [4.69, 9.17) is 10.00 Å². The number of thiazole rings is 1. The molecule has 0 aliphatic carbocycles. The molecule has 0 radical (unpaired) electrons. The molecular formula is C19H17N3O3S2. The molecule has 0 saturated heterocycles. The van der Waals surface area contributed by atoms with Gasteiger partial charge in [-0.1, -0.05) is 0 Å². The number of hydrogen-bond donors (Lipinski definition) is 1. The predicted molar refractivity (Wildman–Crippen MR) is 105 cm³/mol. The number of pyridine rings is 1. The zero-order chi connectivity index (χ0) is 19.4. The molecule has 0 bridgehead atoms. The molecule has 0 atom stereocenters. The third-order valence-electron chi connectivity index (χ3n) is 4.20. The second-order valence-corrected chi connectivity index (χ2v) is 7.62. The number of aryl methyl sites for hydroxylation is 1. The van der Waals surface area contributed by atoms with Crippen molar-refractivity contribution in [2.45, 2.75) is 33.3 Å². The normalized spacial score (nSPS) is 10.6. The zero-order valence-corrected chi connectivity index (χ0v) is 16.5. The van der Waals surface area contributed by atoms with E-state index in [0.717, 1.165) is 21.8 Å². The first kappa shape index (κ1) is 19.0. The molecule has 138 valence electrons. The molecule has 6 nitrogen and oxygen atoms in total. The number of carbonyl (C=O) groups excluding carboxylic acids is 1. The molecule has 0 fully saturated rings. The lowest BCUT2D eigenvalue weighted by Gasteiger charge is -2.10. The van der Waals surface area contributed by atoms with E-state index in [1.165, 1.54) is 11.3 Å². The summed E-state index contributed by atoms with van der Waals surface area (Å²) >= 11 is 3.13. The van der Waals surface area contributed by atoms with Crippen LogP contribution in [0.2, 0.25) is 0 Å². The smallest absolute Gasteiger partial charge is 0.306 e. The minimum atomic E-state index is -0.399. The van der Waals surface area contributed by atoms with Gasteiger partial charge in [0.2, 0.25) is 0 Å². The fourth-order valence-electron chi connectivity index (χ4n) is 2.77. The van der Waals surface area contributed by atoms with Gasteiger partial charge in [0.1, 0.15) is 23.2 Å². The first-order valence-corrected chi connectivity index (χ1v) is 10.1. The SMILES string of the molecule is Cc1[nH]c(=O)c(C#N)c(C)c1CCC(=O)OCc1csc(-c2ccsc2)n1. The van der Waals surface area contributed by atoms with E-state index in [1.807, 2.05) is 28.3 Å². The van der Waals surface area contributed by atoms with Gasteiger partial charge in [0.15, 0.2) is 0 Å². The Bertz CT molecular complexity index is 1060. The van der Waals surface area contributed by atoms with Crippen LogP contribution in [0.1, 0.15) is 34.5 Å². The summed E-state index contributed by atoms with van der Waals surface area (Å²) in [5.41, 5.74) is 3.57. The van der Waals surface area contributed by atoms with Gasteiger partial charge in [0.05, 0.1) is 5.69 Å². The molecule has 0 saturated carbocycles. The Morgan fingerprint density at radius 3 is 2.89 bits per heavy atom. The van der Waals surface area contributed by atoms with Gasteiger partial charge in [-0.15, -0.1) is 11.3 Å². The van der Waals surface area contributed by atoms with E-state index < -0.39 is 5.56 Å². The highest BCUT2D eigenvalue weighted by atomic mass is 32.1. The molecular weight excluding hydrogens is 382 g/mol. The van der Waals surface area contributed by atoms with Crippen molar-refractivity contribution in [3.05, 3.63) is 60.6 Å². The number of H-pyrrole nitrogens is 1. The number of nitrogens with one attached hydrogen (secondary N) is 1. The Hall–Kier alpha value is -2.76. The number of nitriles is 1. The summed E-state index contributed by atoms with van der Waals surface area (Å²) in [4.78, 5) is 31.0. The summed E-state index contributed by atoms with van der Waals surface area (Å²) in [6, 6.07) is 3.92. The van der Waals surface area contributed by atoms with E-state index in [0.29, 0.717) is 17.7 Å². The number of carbonyl (C=O) groups is 1. The van der Waals surface area contributed by atoms with E-state index in [9.17, 15) is 9.59 Å². The van der Waals surface area contributed by atoms with Gasteiger partial charge in [-0.05, 0) is 42.8 Å². The Balaban J connectivity index is 1.58. The molecule has 3 heterocycles. The Morgan fingerprint density at radius 2 is 2.19 bits per heavy atom. The first-order valence-electron chi connectivity index (χ1n) is 8.24. The molecule has 3 aromatic rings. The Kier molecular flexibility index (Phi) is 5.84. The molecule has 0 spiro atoms. The highest BCUT2D eigenvalue weighted by Gasteiger charge is 2.14. The van der Waals surface area contributed by atoms with Gasteiger partial charge >= 0.3 is 5.97 Å². The van der Waals surface area contributed by atoms with Crippen LogP contribution in [0.4, 0.5) is 0 Å². The molecule has 0 aromatic carbocycles. The number of nitrogens with zero attached hydrogens (tertiary/aromatic N) is 2. The van der Waals surface area contributed by atoms with Crippen molar-refractivity contribution < 1.29 is 9.53 Å². The van der Waals surface area contributed by atoms with Crippen molar-refractivity contribution in [1.82, 2.24) is 9.97 Å². The molecule has 0 aliphatic rings. The van der Waals surface area contributed by atoms with E-state index >= 15 is 0 Å². The van der Waals surface area contributed by atoms with Crippen LogP contribution in [0.3, 0.4) is 0 Å². The van der Waals surface area contributed by atoms with E-state index in [1.54, 1.807) is 25.2 Å². The largest absolute Gasteiger partial charge is 0.459 e. The predicted octanol–water partition coefficient (Wildman–Crippen LogP) is 3.72. The monoisotopic (exact) mass is 399 g/mol. The lowest BCUT2D eigenvalue weighted by atomic mass is 9.99. The highest BCUT2D eigenvalue weighted by molar-refractivity contribution is 7.14. The summed E-state index contributed by atoms with van der Waals surface area (Å²) in [5, 5.41) is 15.9. The van der Waals surface area contributed by atoms with Gasteiger partial charge in [-0.25, -0.2) is 4.98 Å². The summed E-state index contributed by atoms with van der Waals surface area (Å²) in [6.45, 7) is 3.62. The summed E-state index contributed by atoms with van der Waals surface area (Å²) in [5.74, 6) is -0.344. The van der Waals surface area contributed by atoms with Crippen LogP contribution in [0.5, 0.6) is 0 Å². The third kappa shape index (κ3) is 4.32. The van der Waals surface area contributed by atoms with Crippen LogP contribution >= 0.6 is 22.7 Å². The number of esters is 1. The molecule has 0 unspecified atom stereocenters. The molecule has 8 heteroatoms. The summed E-state index contributed by atoms with van der Waals surface area (Å²) in [7, 11) is 0.